The van der Waals surface area contributed by atoms with Crippen molar-refractivity contribution in [2.45, 2.75) is 77.1 Å². The molecule has 1 N–H and O–H groups in total. The van der Waals surface area contributed by atoms with Crippen LogP contribution in [0.5, 0.6) is 0 Å². The lowest BCUT2D eigenvalue weighted by Gasteiger charge is -2.40. The molecule has 1 unspecified atom stereocenters. The standard InChI is InChI=1S/C29H40ClNO4S/c1-21(2)36(34,35)18-13-22(3)5-11-27(32)20-24-6-12-28(23(4)19-24)31-16-14-29(33,15-17-31)25-7-9-26(30)10-8-25/h6-10,12,19,21-22,33H,5,11,13-18,20H2,1-4H3. The van der Waals surface area contributed by atoms with E-state index in [1.165, 1.54) is 0 Å². The van der Waals surface area contributed by atoms with Crippen molar-refractivity contribution in [3.63, 3.8) is 0 Å². The number of halogens is 1. The number of carbonyl (C=O) groups is 1. The number of sulfone groups is 1. The third-order valence-corrected chi connectivity index (χ3v) is 10.00. The van der Waals surface area contributed by atoms with E-state index in [9.17, 15) is 18.3 Å². The van der Waals surface area contributed by atoms with Crippen LogP contribution < -0.4 is 4.90 Å². The summed E-state index contributed by atoms with van der Waals surface area (Å²) < 4.78 is 24.0. The van der Waals surface area contributed by atoms with Gasteiger partial charge in [0.15, 0.2) is 9.84 Å². The average molecular weight is 534 g/mol. The number of aliphatic hydroxyl groups is 1. The number of hydrogen-bond acceptors (Lipinski definition) is 5. The fourth-order valence-electron chi connectivity index (χ4n) is 4.82. The minimum absolute atomic E-state index is 0.187. The second kappa shape index (κ2) is 12.1. The molecule has 1 fully saturated rings. The number of rotatable bonds is 11. The minimum atomic E-state index is -3.03. The summed E-state index contributed by atoms with van der Waals surface area (Å²) in [6.45, 7) is 9.02. The zero-order valence-electron chi connectivity index (χ0n) is 22.0. The summed E-state index contributed by atoms with van der Waals surface area (Å²) in [6, 6.07) is 13.7. The van der Waals surface area contributed by atoms with E-state index in [1.54, 1.807) is 13.8 Å². The molecular formula is C29H40ClNO4S. The number of piperidine rings is 1. The first kappa shape index (κ1) is 28.7. The van der Waals surface area contributed by atoms with Crippen LogP contribution in [0.3, 0.4) is 0 Å². The molecule has 7 heteroatoms. The van der Waals surface area contributed by atoms with Crippen LogP contribution in [0.2, 0.25) is 5.02 Å². The normalized spacial score (nSPS) is 16.8. The van der Waals surface area contributed by atoms with Gasteiger partial charge in [0.1, 0.15) is 5.78 Å². The Morgan fingerprint density at radius 2 is 1.69 bits per heavy atom. The van der Waals surface area contributed by atoms with Crippen molar-refractivity contribution in [3.8, 4) is 0 Å². The van der Waals surface area contributed by atoms with Gasteiger partial charge in [0, 0.05) is 36.6 Å². The van der Waals surface area contributed by atoms with Crippen LogP contribution in [0.4, 0.5) is 5.69 Å². The highest BCUT2D eigenvalue weighted by molar-refractivity contribution is 7.91. The number of aryl methyl sites for hydroxylation is 1. The molecule has 5 nitrogen and oxygen atoms in total. The molecule has 1 aliphatic rings. The third-order valence-electron chi connectivity index (χ3n) is 7.50. The zero-order chi connectivity index (χ0) is 26.5. The number of nitrogens with zero attached hydrogens (tertiary/aromatic N) is 1. The van der Waals surface area contributed by atoms with Crippen molar-refractivity contribution in [1.82, 2.24) is 0 Å². The molecule has 1 aliphatic heterocycles. The Bertz CT molecular complexity index is 1140. The van der Waals surface area contributed by atoms with E-state index in [1.807, 2.05) is 37.3 Å². The molecule has 2 aromatic carbocycles. The van der Waals surface area contributed by atoms with E-state index in [0.717, 1.165) is 35.5 Å². The number of anilines is 1. The van der Waals surface area contributed by atoms with Crippen molar-refractivity contribution in [3.05, 3.63) is 64.2 Å². The van der Waals surface area contributed by atoms with E-state index >= 15 is 0 Å². The summed E-state index contributed by atoms with van der Waals surface area (Å²) in [5.74, 6) is 0.581. The number of Topliss-reactive ketones (excluding diaryl/α,β-unsaturated/α-hetero) is 1. The fraction of sp³-hybridized carbons (Fsp3) is 0.552. The fourth-order valence-corrected chi connectivity index (χ4v) is 6.15. The predicted molar refractivity (Wildman–Crippen MR) is 149 cm³/mol. The van der Waals surface area contributed by atoms with Crippen LogP contribution in [0.1, 0.15) is 69.6 Å². The van der Waals surface area contributed by atoms with Crippen molar-refractivity contribution in [2.75, 3.05) is 23.7 Å². The Hall–Kier alpha value is -1.89. The topological polar surface area (TPSA) is 74.7 Å². The molecule has 1 atom stereocenters. The van der Waals surface area contributed by atoms with Crippen LogP contribution >= 0.6 is 11.6 Å². The Morgan fingerprint density at radius 1 is 1.06 bits per heavy atom. The van der Waals surface area contributed by atoms with Gasteiger partial charge in [-0.3, -0.25) is 4.79 Å². The second-order valence-corrected chi connectivity index (χ2v) is 13.8. The van der Waals surface area contributed by atoms with Gasteiger partial charge in [-0.2, -0.15) is 0 Å². The molecule has 0 saturated carbocycles. The molecule has 0 spiro atoms. The summed E-state index contributed by atoms with van der Waals surface area (Å²) in [4.78, 5) is 14.9. The molecular weight excluding hydrogens is 494 g/mol. The van der Waals surface area contributed by atoms with Gasteiger partial charge in [0.2, 0.25) is 0 Å². The van der Waals surface area contributed by atoms with Gasteiger partial charge in [-0.1, -0.05) is 42.8 Å². The first-order valence-corrected chi connectivity index (χ1v) is 15.0. The first-order valence-electron chi connectivity index (χ1n) is 13.0. The molecule has 0 aliphatic carbocycles. The van der Waals surface area contributed by atoms with Crippen LogP contribution in [0, 0.1) is 12.8 Å². The summed E-state index contributed by atoms with van der Waals surface area (Å²) in [5, 5.41) is 11.5. The number of hydrogen-bond donors (Lipinski definition) is 1. The van der Waals surface area contributed by atoms with Crippen LogP contribution in [-0.4, -0.2) is 43.4 Å². The van der Waals surface area contributed by atoms with Crippen molar-refractivity contribution in [2.24, 2.45) is 5.92 Å². The summed E-state index contributed by atoms with van der Waals surface area (Å²) in [6.07, 6.45) is 3.47. The molecule has 0 radical (unpaired) electrons. The lowest BCUT2D eigenvalue weighted by molar-refractivity contribution is -0.118. The van der Waals surface area contributed by atoms with Crippen molar-refractivity contribution in [1.29, 1.82) is 0 Å². The highest BCUT2D eigenvalue weighted by atomic mass is 35.5. The molecule has 1 saturated heterocycles. The van der Waals surface area contributed by atoms with E-state index < -0.39 is 15.4 Å². The van der Waals surface area contributed by atoms with E-state index in [4.69, 9.17) is 11.6 Å². The van der Waals surface area contributed by atoms with Crippen LogP contribution in [-0.2, 0) is 26.7 Å². The van der Waals surface area contributed by atoms with Gasteiger partial charge in [-0.05, 0) is 87.3 Å². The summed E-state index contributed by atoms with van der Waals surface area (Å²) in [5.41, 5.74) is 3.35. The molecule has 1 heterocycles. The maximum atomic E-state index is 12.6. The van der Waals surface area contributed by atoms with Crippen molar-refractivity contribution >= 4 is 32.9 Å². The molecule has 0 aromatic heterocycles. The predicted octanol–water partition coefficient (Wildman–Crippen LogP) is 5.88. The lowest BCUT2D eigenvalue weighted by atomic mass is 9.84. The van der Waals surface area contributed by atoms with Crippen molar-refractivity contribution < 1.29 is 18.3 Å². The molecule has 36 heavy (non-hydrogen) atoms. The Balaban J connectivity index is 1.50. The summed E-state index contributed by atoms with van der Waals surface area (Å²) in [7, 11) is -3.03. The molecule has 3 rings (SSSR count). The molecule has 198 valence electrons. The van der Waals surface area contributed by atoms with E-state index in [-0.39, 0.29) is 22.7 Å². The highest BCUT2D eigenvalue weighted by Crippen LogP contribution is 2.36. The molecule has 0 bridgehead atoms. The molecule has 2 aromatic rings. The average Bonchev–Trinajstić information content (AvgIpc) is 2.82. The van der Waals surface area contributed by atoms with Gasteiger partial charge in [-0.15, -0.1) is 0 Å². The SMILES string of the molecule is Cc1cc(CC(=O)CCC(C)CCS(=O)(=O)C(C)C)ccc1N1CCC(O)(c2ccc(Cl)cc2)CC1. The third kappa shape index (κ3) is 7.56. The minimum Gasteiger partial charge on any atom is -0.385 e. The number of ketones is 1. The van der Waals surface area contributed by atoms with Gasteiger partial charge in [0.25, 0.3) is 0 Å². The first-order chi connectivity index (χ1) is 16.9. The zero-order valence-corrected chi connectivity index (χ0v) is 23.5. The smallest absolute Gasteiger partial charge is 0.152 e. The Labute approximate surface area is 221 Å². The second-order valence-electron chi connectivity index (χ2n) is 10.7. The van der Waals surface area contributed by atoms with Crippen LogP contribution in [0.25, 0.3) is 0 Å². The summed E-state index contributed by atoms with van der Waals surface area (Å²) >= 11 is 6.00. The monoisotopic (exact) mass is 533 g/mol. The Morgan fingerprint density at radius 3 is 2.28 bits per heavy atom. The quantitative estimate of drug-likeness (QED) is 0.390. The number of benzene rings is 2. The lowest BCUT2D eigenvalue weighted by Crippen LogP contribution is -2.42. The largest absolute Gasteiger partial charge is 0.385 e. The molecule has 0 amide bonds. The van der Waals surface area contributed by atoms with E-state index in [2.05, 4.69) is 24.0 Å². The van der Waals surface area contributed by atoms with Gasteiger partial charge < -0.3 is 10.0 Å². The van der Waals surface area contributed by atoms with Gasteiger partial charge in [0.05, 0.1) is 16.6 Å². The highest BCUT2D eigenvalue weighted by Gasteiger charge is 2.34. The van der Waals surface area contributed by atoms with Gasteiger partial charge in [-0.25, -0.2) is 8.42 Å². The maximum absolute atomic E-state index is 12.6. The maximum Gasteiger partial charge on any atom is 0.152 e. The Kier molecular flexibility index (Phi) is 9.64. The number of carbonyl (C=O) groups excluding carboxylic acids is 1. The van der Waals surface area contributed by atoms with Crippen LogP contribution in [0.15, 0.2) is 42.5 Å². The van der Waals surface area contributed by atoms with E-state index in [0.29, 0.717) is 43.5 Å². The van der Waals surface area contributed by atoms with Gasteiger partial charge >= 0.3 is 0 Å².